The number of nitrogens with zero attached hydrogens (tertiary/aromatic N) is 1. The lowest BCUT2D eigenvalue weighted by atomic mass is 10.1. The van der Waals surface area contributed by atoms with Gasteiger partial charge >= 0.3 is 6.18 Å². The molecule has 1 atom stereocenters. The fourth-order valence-electron chi connectivity index (χ4n) is 2.08. The van der Waals surface area contributed by atoms with E-state index in [-0.39, 0.29) is 6.61 Å². The van der Waals surface area contributed by atoms with Crippen LogP contribution in [-0.4, -0.2) is 56.5 Å². The number of piperazine rings is 1. The molecule has 1 saturated heterocycles. The molecule has 0 aromatic heterocycles. The second kappa shape index (κ2) is 7.18. The molecule has 1 rings (SSSR count). The summed E-state index contributed by atoms with van der Waals surface area (Å²) in [5.41, 5.74) is 0. The van der Waals surface area contributed by atoms with Gasteiger partial charge in [0.05, 0.1) is 6.61 Å². The van der Waals surface area contributed by atoms with Crippen LogP contribution in [-0.2, 0) is 4.74 Å². The van der Waals surface area contributed by atoms with Crippen LogP contribution in [0.25, 0.3) is 0 Å². The van der Waals surface area contributed by atoms with Crippen molar-refractivity contribution in [3.63, 3.8) is 0 Å². The molecule has 0 bridgehead atoms. The Kier molecular flexibility index (Phi) is 6.22. The first-order valence-corrected chi connectivity index (χ1v) is 6.12. The van der Waals surface area contributed by atoms with Crippen LogP contribution in [0.15, 0.2) is 0 Å². The third-order valence-corrected chi connectivity index (χ3v) is 2.88. The summed E-state index contributed by atoms with van der Waals surface area (Å²) >= 11 is 0. The SMILES string of the molecule is CCCC1CNCCN1CCOCC(F)(F)F. The number of alkyl halides is 3. The number of rotatable bonds is 6. The van der Waals surface area contributed by atoms with E-state index in [1.165, 1.54) is 0 Å². The lowest BCUT2D eigenvalue weighted by molar-refractivity contribution is -0.175. The monoisotopic (exact) mass is 254 g/mol. The summed E-state index contributed by atoms with van der Waals surface area (Å²) in [6, 6.07) is 0.434. The van der Waals surface area contributed by atoms with Crippen molar-refractivity contribution < 1.29 is 17.9 Å². The zero-order valence-corrected chi connectivity index (χ0v) is 10.2. The third kappa shape index (κ3) is 6.24. The molecule has 6 heteroatoms. The topological polar surface area (TPSA) is 24.5 Å². The van der Waals surface area contributed by atoms with Crippen LogP contribution in [0.4, 0.5) is 13.2 Å². The van der Waals surface area contributed by atoms with Gasteiger partial charge in [-0.3, -0.25) is 4.90 Å². The van der Waals surface area contributed by atoms with Crippen molar-refractivity contribution in [2.45, 2.75) is 32.0 Å². The maximum atomic E-state index is 11.9. The van der Waals surface area contributed by atoms with E-state index in [1.807, 2.05) is 0 Å². The molecule has 1 N–H and O–H groups in total. The Bertz CT molecular complexity index is 209. The predicted octanol–water partition coefficient (Wildman–Crippen LogP) is 1.64. The van der Waals surface area contributed by atoms with Crippen LogP contribution in [0.1, 0.15) is 19.8 Å². The molecular formula is C11H21F3N2O. The van der Waals surface area contributed by atoms with E-state index in [0.717, 1.165) is 32.5 Å². The second-order valence-electron chi connectivity index (χ2n) is 4.35. The van der Waals surface area contributed by atoms with Crippen molar-refractivity contribution >= 4 is 0 Å². The highest BCUT2D eigenvalue weighted by atomic mass is 19.4. The van der Waals surface area contributed by atoms with E-state index in [4.69, 9.17) is 0 Å². The summed E-state index contributed by atoms with van der Waals surface area (Å²) in [5, 5.41) is 3.30. The summed E-state index contributed by atoms with van der Waals surface area (Å²) in [5.74, 6) is 0. The van der Waals surface area contributed by atoms with Crippen molar-refractivity contribution in [3.8, 4) is 0 Å². The molecule has 0 radical (unpaired) electrons. The summed E-state index contributed by atoms with van der Waals surface area (Å²) < 4.78 is 40.3. The van der Waals surface area contributed by atoms with E-state index in [2.05, 4.69) is 21.9 Å². The van der Waals surface area contributed by atoms with Crippen LogP contribution in [0.3, 0.4) is 0 Å². The summed E-state index contributed by atoms with van der Waals surface area (Å²) in [6.45, 7) is 4.43. The second-order valence-corrected chi connectivity index (χ2v) is 4.35. The quantitative estimate of drug-likeness (QED) is 0.729. The maximum Gasteiger partial charge on any atom is 0.411 e. The fraction of sp³-hybridized carbons (Fsp3) is 1.00. The average Bonchev–Trinajstić information content (AvgIpc) is 2.25. The molecule has 102 valence electrons. The van der Waals surface area contributed by atoms with Gasteiger partial charge < -0.3 is 10.1 Å². The zero-order chi connectivity index (χ0) is 12.7. The van der Waals surface area contributed by atoms with Crippen molar-refractivity contribution in [3.05, 3.63) is 0 Å². The van der Waals surface area contributed by atoms with Crippen molar-refractivity contribution in [1.29, 1.82) is 0 Å². The van der Waals surface area contributed by atoms with Gasteiger partial charge in [0, 0.05) is 32.2 Å². The highest BCUT2D eigenvalue weighted by molar-refractivity contribution is 4.79. The van der Waals surface area contributed by atoms with Crippen LogP contribution >= 0.6 is 0 Å². The fourth-order valence-corrected chi connectivity index (χ4v) is 2.08. The standard InChI is InChI=1S/C11H21F3N2O/c1-2-3-10-8-15-4-5-16(10)6-7-17-9-11(12,13)14/h10,15H,2-9H2,1H3. The van der Waals surface area contributed by atoms with Gasteiger partial charge in [0.25, 0.3) is 0 Å². The minimum Gasteiger partial charge on any atom is -0.371 e. The molecule has 0 aromatic rings. The molecule has 17 heavy (non-hydrogen) atoms. The van der Waals surface area contributed by atoms with Crippen LogP contribution in [0, 0.1) is 0 Å². The molecule has 0 spiro atoms. The molecule has 1 aliphatic rings. The minimum absolute atomic E-state index is 0.153. The van der Waals surface area contributed by atoms with E-state index < -0.39 is 12.8 Å². The maximum absolute atomic E-state index is 11.9. The number of hydrogen-bond donors (Lipinski definition) is 1. The first-order valence-electron chi connectivity index (χ1n) is 6.12. The largest absolute Gasteiger partial charge is 0.411 e. The van der Waals surface area contributed by atoms with Gasteiger partial charge in [-0.2, -0.15) is 13.2 Å². The van der Waals surface area contributed by atoms with Gasteiger partial charge in [0.2, 0.25) is 0 Å². The minimum atomic E-state index is -4.22. The Balaban J connectivity index is 2.19. The van der Waals surface area contributed by atoms with Crippen molar-refractivity contribution in [2.75, 3.05) is 39.4 Å². The van der Waals surface area contributed by atoms with Gasteiger partial charge in [-0.05, 0) is 6.42 Å². The molecule has 0 amide bonds. The summed E-state index contributed by atoms with van der Waals surface area (Å²) in [7, 11) is 0. The van der Waals surface area contributed by atoms with Gasteiger partial charge in [0.15, 0.2) is 0 Å². The molecule has 0 aromatic carbocycles. The van der Waals surface area contributed by atoms with Crippen LogP contribution < -0.4 is 5.32 Å². The normalized spacial score (nSPS) is 22.9. The van der Waals surface area contributed by atoms with Gasteiger partial charge in [-0.15, -0.1) is 0 Å². The first kappa shape index (κ1) is 14.7. The molecule has 1 heterocycles. The Labute approximate surface area is 100 Å². The molecule has 0 aliphatic carbocycles. The van der Waals surface area contributed by atoms with Crippen molar-refractivity contribution in [1.82, 2.24) is 10.2 Å². The van der Waals surface area contributed by atoms with E-state index in [0.29, 0.717) is 12.6 Å². The van der Waals surface area contributed by atoms with Gasteiger partial charge in [-0.1, -0.05) is 13.3 Å². The zero-order valence-electron chi connectivity index (χ0n) is 10.2. The number of ether oxygens (including phenoxy) is 1. The first-order chi connectivity index (χ1) is 8.03. The Morgan fingerprint density at radius 1 is 1.41 bits per heavy atom. The van der Waals surface area contributed by atoms with Crippen molar-refractivity contribution in [2.24, 2.45) is 0 Å². The Morgan fingerprint density at radius 3 is 2.82 bits per heavy atom. The number of halogens is 3. The average molecular weight is 254 g/mol. The van der Waals surface area contributed by atoms with E-state index >= 15 is 0 Å². The van der Waals surface area contributed by atoms with Gasteiger partial charge in [-0.25, -0.2) is 0 Å². The molecule has 1 fully saturated rings. The smallest absolute Gasteiger partial charge is 0.371 e. The highest BCUT2D eigenvalue weighted by Crippen LogP contribution is 2.14. The lowest BCUT2D eigenvalue weighted by Gasteiger charge is -2.36. The lowest BCUT2D eigenvalue weighted by Crippen LogP contribution is -2.52. The highest BCUT2D eigenvalue weighted by Gasteiger charge is 2.27. The van der Waals surface area contributed by atoms with Gasteiger partial charge in [0.1, 0.15) is 6.61 Å². The molecule has 1 unspecified atom stereocenters. The predicted molar refractivity (Wildman–Crippen MR) is 60.0 cm³/mol. The van der Waals surface area contributed by atoms with Crippen LogP contribution in [0.2, 0.25) is 0 Å². The Hall–Kier alpha value is -0.330. The van der Waals surface area contributed by atoms with E-state index in [1.54, 1.807) is 0 Å². The summed E-state index contributed by atoms with van der Waals surface area (Å²) in [4.78, 5) is 2.22. The molecule has 1 aliphatic heterocycles. The molecule has 0 saturated carbocycles. The van der Waals surface area contributed by atoms with Crippen LogP contribution in [0.5, 0.6) is 0 Å². The number of hydrogen-bond acceptors (Lipinski definition) is 3. The molecular weight excluding hydrogens is 233 g/mol. The third-order valence-electron chi connectivity index (χ3n) is 2.88. The Morgan fingerprint density at radius 2 is 2.18 bits per heavy atom. The van der Waals surface area contributed by atoms with E-state index in [9.17, 15) is 13.2 Å². The summed E-state index contributed by atoms with van der Waals surface area (Å²) in [6.07, 6.45) is -2.05. The molecule has 3 nitrogen and oxygen atoms in total. The number of nitrogens with one attached hydrogen (secondary N) is 1.